The van der Waals surface area contributed by atoms with Gasteiger partial charge in [-0.1, -0.05) is 48.5 Å². The van der Waals surface area contributed by atoms with Crippen LogP contribution in [0.15, 0.2) is 48.5 Å². The Bertz CT molecular complexity index is 1000. The lowest BCUT2D eigenvalue weighted by molar-refractivity contribution is -0.142. The molecule has 3 N–H and O–H groups in total. The second-order valence-electron chi connectivity index (χ2n) is 8.78. The van der Waals surface area contributed by atoms with E-state index in [1.165, 1.54) is 0 Å². The molecule has 2 aliphatic rings. The van der Waals surface area contributed by atoms with Gasteiger partial charge in [0.05, 0.1) is 5.92 Å². The van der Waals surface area contributed by atoms with Crippen molar-refractivity contribution in [2.45, 2.75) is 50.6 Å². The van der Waals surface area contributed by atoms with Gasteiger partial charge in [-0.25, -0.2) is 4.79 Å². The van der Waals surface area contributed by atoms with Crippen molar-refractivity contribution in [3.8, 4) is 11.1 Å². The molecule has 2 aromatic rings. The predicted molar refractivity (Wildman–Crippen MR) is 119 cm³/mol. The van der Waals surface area contributed by atoms with Crippen LogP contribution in [-0.4, -0.2) is 41.3 Å². The number of carboxylic acid groups (broad SMARTS) is 1. The first kappa shape index (κ1) is 21.9. The predicted octanol–water partition coefficient (Wildman–Crippen LogP) is 3.67. The summed E-state index contributed by atoms with van der Waals surface area (Å²) < 4.78 is 5.59. The molecule has 32 heavy (non-hydrogen) atoms. The van der Waals surface area contributed by atoms with Crippen LogP contribution in [0.25, 0.3) is 11.1 Å². The van der Waals surface area contributed by atoms with E-state index in [9.17, 15) is 14.4 Å². The quantitative estimate of drug-likeness (QED) is 0.614. The molecule has 0 saturated heterocycles. The minimum Gasteiger partial charge on any atom is -0.481 e. The Morgan fingerprint density at radius 1 is 1.03 bits per heavy atom. The SMILES string of the molecule is CC(NC(=O)C1(NC(=O)OCC2c3ccccc3-c3ccccc32)CCC1)C(C)C(=O)O. The fraction of sp³-hybridized carbons (Fsp3) is 0.400. The Morgan fingerprint density at radius 3 is 2.09 bits per heavy atom. The lowest BCUT2D eigenvalue weighted by Crippen LogP contribution is -2.64. The number of amides is 2. The first-order valence-electron chi connectivity index (χ1n) is 11.0. The number of alkyl carbamates (subject to hydrolysis) is 1. The minimum absolute atomic E-state index is 0.0595. The monoisotopic (exact) mass is 436 g/mol. The minimum atomic E-state index is -1.05. The van der Waals surface area contributed by atoms with Crippen molar-refractivity contribution >= 4 is 18.0 Å². The molecule has 2 atom stereocenters. The van der Waals surface area contributed by atoms with E-state index in [1.807, 2.05) is 36.4 Å². The maximum absolute atomic E-state index is 12.8. The van der Waals surface area contributed by atoms with Gasteiger partial charge in [0, 0.05) is 12.0 Å². The maximum atomic E-state index is 12.8. The van der Waals surface area contributed by atoms with E-state index >= 15 is 0 Å². The smallest absolute Gasteiger partial charge is 0.408 e. The number of carboxylic acids is 1. The second-order valence-corrected chi connectivity index (χ2v) is 8.78. The molecule has 2 aromatic carbocycles. The highest BCUT2D eigenvalue weighted by Gasteiger charge is 2.46. The van der Waals surface area contributed by atoms with Gasteiger partial charge in [0.2, 0.25) is 5.91 Å². The summed E-state index contributed by atoms with van der Waals surface area (Å²) in [5.41, 5.74) is 3.49. The fourth-order valence-corrected chi connectivity index (χ4v) is 4.45. The third kappa shape index (κ3) is 3.95. The molecule has 2 amide bonds. The van der Waals surface area contributed by atoms with Gasteiger partial charge in [-0.2, -0.15) is 0 Å². The first-order chi connectivity index (χ1) is 15.3. The highest BCUT2D eigenvalue weighted by Crippen LogP contribution is 2.44. The maximum Gasteiger partial charge on any atom is 0.408 e. The first-order valence-corrected chi connectivity index (χ1v) is 11.0. The van der Waals surface area contributed by atoms with Crippen LogP contribution in [0.5, 0.6) is 0 Å². The molecule has 4 rings (SSSR count). The van der Waals surface area contributed by atoms with Crippen LogP contribution in [-0.2, 0) is 14.3 Å². The lowest BCUT2D eigenvalue weighted by Gasteiger charge is -2.41. The second kappa shape index (κ2) is 8.65. The largest absolute Gasteiger partial charge is 0.481 e. The van der Waals surface area contributed by atoms with Gasteiger partial charge in [0.1, 0.15) is 12.1 Å². The molecule has 0 radical (unpaired) electrons. The molecule has 7 heteroatoms. The summed E-state index contributed by atoms with van der Waals surface area (Å²) in [5.74, 6) is -2.14. The van der Waals surface area contributed by atoms with E-state index in [4.69, 9.17) is 9.84 Å². The van der Waals surface area contributed by atoms with Crippen molar-refractivity contribution in [2.75, 3.05) is 6.61 Å². The van der Waals surface area contributed by atoms with Gasteiger partial charge in [-0.3, -0.25) is 9.59 Å². The highest BCUT2D eigenvalue weighted by atomic mass is 16.5. The number of hydrogen-bond acceptors (Lipinski definition) is 4. The zero-order chi connectivity index (χ0) is 22.9. The summed E-state index contributed by atoms with van der Waals surface area (Å²) in [5, 5.41) is 14.7. The number of fused-ring (bicyclic) bond motifs is 3. The van der Waals surface area contributed by atoms with Gasteiger partial charge in [-0.15, -0.1) is 0 Å². The van der Waals surface area contributed by atoms with Gasteiger partial charge in [0.15, 0.2) is 0 Å². The van der Waals surface area contributed by atoms with E-state index in [2.05, 4.69) is 22.8 Å². The molecule has 1 saturated carbocycles. The van der Waals surface area contributed by atoms with Gasteiger partial charge >= 0.3 is 12.1 Å². The number of hydrogen-bond donors (Lipinski definition) is 3. The molecule has 7 nitrogen and oxygen atoms in total. The Labute approximate surface area is 187 Å². The van der Waals surface area contributed by atoms with E-state index in [0.29, 0.717) is 12.8 Å². The Kier molecular flexibility index (Phi) is 5.91. The van der Waals surface area contributed by atoms with Crippen LogP contribution < -0.4 is 10.6 Å². The Hall–Kier alpha value is -3.35. The van der Waals surface area contributed by atoms with Crippen molar-refractivity contribution in [2.24, 2.45) is 5.92 Å². The van der Waals surface area contributed by atoms with Gasteiger partial charge < -0.3 is 20.5 Å². The normalized spacial score (nSPS) is 17.8. The fourth-order valence-electron chi connectivity index (χ4n) is 4.45. The molecule has 0 aliphatic heterocycles. The Balaban J connectivity index is 1.40. The number of benzene rings is 2. The van der Waals surface area contributed by atoms with E-state index < -0.39 is 29.6 Å². The van der Waals surface area contributed by atoms with E-state index in [0.717, 1.165) is 28.7 Å². The molecule has 168 valence electrons. The average Bonchev–Trinajstić information content (AvgIpc) is 3.07. The molecule has 0 aromatic heterocycles. The van der Waals surface area contributed by atoms with Crippen LogP contribution in [0, 0.1) is 5.92 Å². The topological polar surface area (TPSA) is 105 Å². The van der Waals surface area contributed by atoms with Crippen LogP contribution in [0.3, 0.4) is 0 Å². The third-order valence-corrected chi connectivity index (χ3v) is 6.83. The lowest BCUT2D eigenvalue weighted by atomic mass is 9.75. The molecular formula is C25H28N2O5. The summed E-state index contributed by atoms with van der Waals surface area (Å²) in [7, 11) is 0. The van der Waals surface area contributed by atoms with Crippen molar-refractivity contribution < 1.29 is 24.2 Å². The number of carbonyl (C=O) groups excluding carboxylic acids is 2. The van der Waals surface area contributed by atoms with Gasteiger partial charge in [-0.05, 0) is 55.4 Å². The van der Waals surface area contributed by atoms with Crippen LogP contribution in [0.1, 0.15) is 50.2 Å². The summed E-state index contributed by atoms with van der Waals surface area (Å²) in [4.78, 5) is 36.7. The molecule has 0 spiro atoms. The molecule has 2 unspecified atom stereocenters. The number of carbonyl (C=O) groups is 3. The average molecular weight is 437 g/mol. The van der Waals surface area contributed by atoms with Crippen LogP contribution in [0.4, 0.5) is 4.79 Å². The van der Waals surface area contributed by atoms with Gasteiger partial charge in [0.25, 0.3) is 0 Å². The molecule has 1 fully saturated rings. The van der Waals surface area contributed by atoms with Crippen LogP contribution in [0.2, 0.25) is 0 Å². The highest BCUT2D eigenvalue weighted by molar-refractivity contribution is 5.91. The number of ether oxygens (including phenoxy) is 1. The summed E-state index contributed by atoms with van der Waals surface area (Å²) in [6, 6.07) is 15.6. The standard InChI is InChI=1S/C25H28N2O5/c1-15(22(28)29)16(2)26-23(30)25(12-7-13-25)27-24(31)32-14-21-19-10-5-3-8-17(19)18-9-4-6-11-20(18)21/h3-6,8-11,15-16,21H,7,12-14H2,1-2H3,(H,26,30)(H,27,31)(H,28,29). The Morgan fingerprint density at radius 2 is 1.59 bits per heavy atom. The summed E-state index contributed by atoms with van der Waals surface area (Å²) in [6.07, 6.45) is 1.16. The van der Waals surface area contributed by atoms with Crippen molar-refractivity contribution in [1.82, 2.24) is 10.6 Å². The zero-order valence-corrected chi connectivity index (χ0v) is 18.3. The molecule has 0 heterocycles. The summed E-state index contributed by atoms with van der Waals surface area (Å²) in [6.45, 7) is 3.36. The van der Waals surface area contributed by atoms with E-state index in [-0.39, 0.29) is 18.4 Å². The van der Waals surface area contributed by atoms with Crippen molar-refractivity contribution in [3.63, 3.8) is 0 Å². The zero-order valence-electron chi connectivity index (χ0n) is 18.3. The van der Waals surface area contributed by atoms with Crippen molar-refractivity contribution in [1.29, 1.82) is 0 Å². The summed E-state index contributed by atoms with van der Waals surface area (Å²) >= 11 is 0. The van der Waals surface area contributed by atoms with Crippen LogP contribution >= 0.6 is 0 Å². The van der Waals surface area contributed by atoms with Crippen molar-refractivity contribution in [3.05, 3.63) is 59.7 Å². The molecular weight excluding hydrogens is 408 g/mol. The van der Waals surface area contributed by atoms with E-state index in [1.54, 1.807) is 13.8 Å². The molecule has 0 bridgehead atoms. The number of nitrogens with one attached hydrogen (secondary N) is 2. The molecule has 2 aliphatic carbocycles. The number of aliphatic carboxylic acids is 1. The number of rotatable bonds is 7. The third-order valence-electron chi connectivity index (χ3n) is 6.83.